The number of amides is 1. The van der Waals surface area contributed by atoms with Crippen molar-refractivity contribution in [1.29, 1.82) is 0 Å². The van der Waals surface area contributed by atoms with Crippen LogP contribution in [0.3, 0.4) is 0 Å². The van der Waals surface area contributed by atoms with Crippen molar-refractivity contribution in [3.8, 4) is 17.5 Å². The van der Waals surface area contributed by atoms with Gasteiger partial charge < -0.3 is 40.6 Å². The first-order valence-electron chi connectivity index (χ1n) is 15.1. The van der Waals surface area contributed by atoms with E-state index >= 15 is 0 Å². The highest BCUT2D eigenvalue weighted by molar-refractivity contribution is 5.99. The Morgan fingerprint density at radius 3 is 2.52 bits per heavy atom. The molecule has 1 saturated heterocycles. The number of benzene rings is 2. The summed E-state index contributed by atoms with van der Waals surface area (Å²) in [5.41, 5.74) is 1.85. The van der Waals surface area contributed by atoms with Crippen LogP contribution in [-0.4, -0.2) is 70.9 Å². The summed E-state index contributed by atoms with van der Waals surface area (Å²) < 4.78 is 17.6. The van der Waals surface area contributed by atoms with Crippen LogP contribution in [0.25, 0.3) is 0 Å². The first kappa shape index (κ1) is 30.8. The van der Waals surface area contributed by atoms with Gasteiger partial charge in [0.15, 0.2) is 0 Å². The third kappa shape index (κ3) is 8.47. The third-order valence-corrected chi connectivity index (χ3v) is 7.43. The van der Waals surface area contributed by atoms with E-state index in [-0.39, 0.29) is 23.4 Å². The number of fused-ring (bicyclic) bond motifs is 10. The molecule has 6 rings (SSSR count). The minimum absolute atomic E-state index is 0.156. The molecule has 2 unspecified atom stereocenters. The molecule has 1 amide bonds. The van der Waals surface area contributed by atoms with Crippen LogP contribution in [0.2, 0.25) is 0 Å². The number of aromatic nitrogens is 3. The molecular weight excluding hydrogens is 566 g/mol. The lowest BCUT2D eigenvalue weighted by Crippen LogP contribution is -2.46. The smallest absolute Gasteiger partial charge is 0.326 e. The molecule has 3 aromatic rings. The summed E-state index contributed by atoms with van der Waals surface area (Å²) in [4.78, 5) is 38.6. The van der Waals surface area contributed by atoms with E-state index in [2.05, 4.69) is 36.2 Å². The van der Waals surface area contributed by atoms with E-state index in [0.717, 1.165) is 43.5 Å². The van der Waals surface area contributed by atoms with E-state index < -0.39 is 17.9 Å². The fourth-order valence-corrected chi connectivity index (χ4v) is 5.10. The lowest BCUT2D eigenvalue weighted by Gasteiger charge is -2.21. The Bertz CT molecular complexity index is 1420. The van der Waals surface area contributed by atoms with Gasteiger partial charge in [-0.15, -0.1) is 0 Å². The first-order valence-corrected chi connectivity index (χ1v) is 15.1. The molecule has 13 heteroatoms. The molecule has 1 fully saturated rings. The minimum atomic E-state index is -1.06. The maximum Gasteiger partial charge on any atom is 0.326 e. The number of rotatable bonds is 6. The standard InChI is InChI=1S/C31H39N7O6/c1-2-42-31-37-29-33-18-20-7-10-23(11-8-20)43-15-5-3-4-6-16-44-25-17-22(34-30(36-29)38-31)9-12-24(25)27(39)35-26(28(40)41)21-13-14-32-19-21/h7-12,17,21,26,32H,2-6,13-16,18-19H2,1H3,(H,35,39)(H,40,41)(H2,33,34,36,37,38). The molecule has 44 heavy (non-hydrogen) atoms. The van der Waals surface area contributed by atoms with Crippen molar-refractivity contribution in [3.63, 3.8) is 0 Å². The predicted octanol–water partition coefficient (Wildman–Crippen LogP) is 3.75. The van der Waals surface area contributed by atoms with Crippen LogP contribution in [0.15, 0.2) is 42.5 Å². The Morgan fingerprint density at radius 2 is 1.80 bits per heavy atom. The molecule has 4 heterocycles. The number of hydrogen-bond donors (Lipinski definition) is 5. The highest BCUT2D eigenvalue weighted by Gasteiger charge is 2.32. The maximum absolute atomic E-state index is 13.4. The molecule has 5 N–H and O–H groups in total. The van der Waals surface area contributed by atoms with Crippen molar-refractivity contribution in [1.82, 2.24) is 25.6 Å². The van der Waals surface area contributed by atoms with Crippen LogP contribution >= 0.6 is 0 Å². The average molecular weight is 606 g/mol. The van der Waals surface area contributed by atoms with Crippen LogP contribution in [0.4, 0.5) is 17.6 Å². The highest BCUT2D eigenvalue weighted by atomic mass is 16.5. The van der Waals surface area contributed by atoms with Crippen LogP contribution in [0.5, 0.6) is 17.5 Å². The van der Waals surface area contributed by atoms with Gasteiger partial charge in [0.1, 0.15) is 17.5 Å². The topological polar surface area (TPSA) is 169 Å². The summed E-state index contributed by atoms with van der Waals surface area (Å²) in [6.45, 7) is 4.95. The summed E-state index contributed by atoms with van der Waals surface area (Å²) in [7, 11) is 0. The molecule has 2 aromatic carbocycles. The van der Waals surface area contributed by atoms with Gasteiger partial charge in [-0.1, -0.05) is 12.1 Å². The van der Waals surface area contributed by atoms with Crippen LogP contribution < -0.4 is 35.5 Å². The molecular formula is C31H39N7O6. The van der Waals surface area contributed by atoms with Gasteiger partial charge in [0.05, 0.1) is 25.4 Å². The quantitative estimate of drug-likeness (QED) is 0.276. The second-order valence-electron chi connectivity index (χ2n) is 10.7. The number of ether oxygens (including phenoxy) is 3. The van der Waals surface area contributed by atoms with Gasteiger partial charge in [0, 0.05) is 30.8 Å². The maximum atomic E-state index is 13.4. The molecule has 0 aliphatic carbocycles. The molecule has 234 valence electrons. The van der Waals surface area contributed by atoms with Gasteiger partial charge in [0.2, 0.25) is 11.9 Å². The predicted molar refractivity (Wildman–Crippen MR) is 164 cm³/mol. The Hall–Kier alpha value is -4.65. The normalized spacial score (nSPS) is 17.9. The van der Waals surface area contributed by atoms with E-state index in [1.54, 1.807) is 18.2 Å². The SMILES string of the molecule is CCOc1nc2nc(n1)Nc1ccc(C(=O)NC(C(=O)O)C3CCNC3)c(c1)OCCCCCCOc1ccc(cc1)CN2. The highest BCUT2D eigenvalue weighted by Crippen LogP contribution is 2.27. The van der Waals surface area contributed by atoms with Crippen molar-refractivity contribution in [3.05, 3.63) is 53.6 Å². The van der Waals surface area contributed by atoms with Crippen molar-refractivity contribution in [2.75, 3.05) is 43.5 Å². The van der Waals surface area contributed by atoms with Gasteiger partial charge in [-0.3, -0.25) is 4.79 Å². The number of aliphatic carboxylic acids is 1. The number of carboxylic acid groups (broad SMARTS) is 1. The number of anilines is 3. The monoisotopic (exact) mass is 605 g/mol. The van der Waals surface area contributed by atoms with E-state index in [4.69, 9.17) is 14.2 Å². The second-order valence-corrected chi connectivity index (χ2v) is 10.7. The van der Waals surface area contributed by atoms with Gasteiger partial charge in [0.25, 0.3) is 5.91 Å². The van der Waals surface area contributed by atoms with Crippen LogP contribution in [-0.2, 0) is 11.3 Å². The van der Waals surface area contributed by atoms with Gasteiger partial charge in [-0.2, -0.15) is 15.0 Å². The molecule has 1 aromatic heterocycles. The summed E-state index contributed by atoms with van der Waals surface area (Å²) in [6, 6.07) is 12.0. The first-order chi connectivity index (χ1) is 21.5. The van der Waals surface area contributed by atoms with Crippen LogP contribution in [0.1, 0.15) is 54.9 Å². The number of hydrogen-bond acceptors (Lipinski definition) is 11. The Morgan fingerprint density at radius 1 is 1.02 bits per heavy atom. The summed E-state index contributed by atoms with van der Waals surface area (Å²) in [6.07, 6.45) is 4.26. The average Bonchev–Trinajstić information content (AvgIpc) is 3.55. The number of carbonyl (C=O) groups excluding carboxylic acids is 1. The number of carboxylic acids is 1. The molecule has 3 aliphatic rings. The summed E-state index contributed by atoms with van der Waals surface area (Å²) in [5.74, 6) is -0.0603. The van der Waals surface area contributed by atoms with Gasteiger partial charge in [-0.05, 0) is 75.4 Å². The van der Waals surface area contributed by atoms with Crippen molar-refractivity contribution >= 4 is 29.5 Å². The number of nitrogens with one attached hydrogen (secondary N) is 4. The fraction of sp³-hybridized carbons (Fsp3) is 0.452. The molecule has 13 nitrogen and oxygen atoms in total. The van der Waals surface area contributed by atoms with Crippen molar-refractivity contribution in [2.24, 2.45) is 5.92 Å². The van der Waals surface area contributed by atoms with Crippen LogP contribution in [0, 0.1) is 5.92 Å². The largest absolute Gasteiger partial charge is 0.494 e. The molecule has 0 radical (unpaired) electrons. The van der Waals surface area contributed by atoms with E-state index in [0.29, 0.717) is 56.7 Å². The Labute approximate surface area is 256 Å². The van der Waals surface area contributed by atoms with E-state index in [1.165, 1.54) is 0 Å². The van der Waals surface area contributed by atoms with E-state index in [1.807, 2.05) is 31.2 Å². The summed E-state index contributed by atoms with van der Waals surface area (Å²) in [5, 5.41) is 22.1. The zero-order valence-electron chi connectivity index (χ0n) is 24.8. The molecule has 6 bridgehead atoms. The zero-order chi connectivity index (χ0) is 30.7. The number of nitrogens with zero attached hydrogens (tertiary/aromatic N) is 3. The summed E-state index contributed by atoms with van der Waals surface area (Å²) >= 11 is 0. The molecule has 2 atom stereocenters. The molecule has 0 spiro atoms. The van der Waals surface area contributed by atoms with Gasteiger partial charge in [-0.25, -0.2) is 4.79 Å². The Balaban J connectivity index is 1.40. The second kappa shape index (κ2) is 15.2. The fourth-order valence-electron chi connectivity index (χ4n) is 5.10. The third-order valence-electron chi connectivity index (χ3n) is 7.43. The van der Waals surface area contributed by atoms with E-state index in [9.17, 15) is 14.7 Å². The molecule has 3 aliphatic heterocycles. The number of carbonyl (C=O) groups is 2. The zero-order valence-corrected chi connectivity index (χ0v) is 24.8. The lowest BCUT2D eigenvalue weighted by molar-refractivity contribution is -0.140. The van der Waals surface area contributed by atoms with Gasteiger partial charge >= 0.3 is 12.0 Å². The van der Waals surface area contributed by atoms with Crippen molar-refractivity contribution in [2.45, 2.75) is 51.6 Å². The molecule has 0 saturated carbocycles. The lowest BCUT2D eigenvalue weighted by atomic mass is 9.98. The Kier molecular flexibility index (Phi) is 10.6. The minimum Gasteiger partial charge on any atom is -0.494 e. The van der Waals surface area contributed by atoms with Crippen molar-refractivity contribution < 1.29 is 28.9 Å².